The zero-order valence-electron chi connectivity index (χ0n) is 15.0. The van der Waals surface area contributed by atoms with Gasteiger partial charge in [0, 0.05) is 37.4 Å². The van der Waals surface area contributed by atoms with E-state index in [-0.39, 0.29) is 17.4 Å². The SMILES string of the molecule is CCNc1ncc(C(=O)N2CCC3(CC2)c2ccccc2C[C@@H]3O)cn1. The molecule has 1 amide bonds. The second-order valence-electron chi connectivity index (χ2n) is 7.15. The van der Waals surface area contributed by atoms with Gasteiger partial charge in [-0.3, -0.25) is 4.79 Å². The van der Waals surface area contributed by atoms with Gasteiger partial charge in [-0.05, 0) is 37.3 Å². The highest BCUT2D eigenvalue weighted by Crippen LogP contribution is 2.46. The molecule has 0 radical (unpaired) electrons. The summed E-state index contributed by atoms with van der Waals surface area (Å²) in [6, 6.07) is 8.31. The minimum absolute atomic E-state index is 0.0383. The molecule has 2 aliphatic rings. The van der Waals surface area contributed by atoms with Crippen molar-refractivity contribution in [3.63, 3.8) is 0 Å². The third kappa shape index (κ3) is 2.74. The number of likely N-dealkylation sites (tertiary alicyclic amines) is 1. The smallest absolute Gasteiger partial charge is 0.256 e. The molecule has 136 valence electrons. The lowest BCUT2D eigenvalue weighted by Crippen LogP contribution is -2.49. The topological polar surface area (TPSA) is 78.4 Å². The highest BCUT2D eigenvalue weighted by atomic mass is 16.3. The molecule has 0 bridgehead atoms. The summed E-state index contributed by atoms with van der Waals surface area (Å²) in [5.74, 6) is 0.496. The zero-order valence-corrected chi connectivity index (χ0v) is 15.0. The fourth-order valence-corrected chi connectivity index (χ4v) is 4.35. The number of fused-ring (bicyclic) bond motifs is 2. The third-order valence-electron chi connectivity index (χ3n) is 5.78. The van der Waals surface area contributed by atoms with Gasteiger partial charge < -0.3 is 15.3 Å². The molecule has 0 unspecified atom stereocenters. The number of aromatic nitrogens is 2. The van der Waals surface area contributed by atoms with Crippen molar-refractivity contribution in [2.45, 2.75) is 37.7 Å². The second kappa shape index (κ2) is 6.68. The Morgan fingerprint density at radius 1 is 1.27 bits per heavy atom. The molecule has 1 aliphatic heterocycles. The summed E-state index contributed by atoms with van der Waals surface area (Å²) in [5.41, 5.74) is 2.80. The third-order valence-corrected chi connectivity index (χ3v) is 5.78. The minimum atomic E-state index is -0.361. The Kier molecular flexibility index (Phi) is 4.36. The number of hydrogen-bond donors (Lipinski definition) is 2. The van der Waals surface area contributed by atoms with Gasteiger partial charge in [-0.15, -0.1) is 0 Å². The Balaban J connectivity index is 1.47. The number of piperidine rings is 1. The number of amides is 1. The van der Waals surface area contributed by atoms with Crippen LogP contribution < -0.4 is 5.32 Å². The highest BCUT2D eigenvalue weighted by molar-refractivity contribution is 5.93. The van der Waals surface area contributed by atoms with Gasteiger partial charge in [-0.25, -0.2) is 9.97 Å². The molecular weight excluding hydrogens is 328 g/mol. The minimum Gasteiger partial charge on any atom is -0.392 e. The number of hydrogen-bond acceptors (Lipinski definition) is 5. The molecule has 1 atom stereocenters. The summed E-state index contributed by atoms with van der Waals surface area (Å²) in [4.78, 5) is 23.0. The summed E-state index contributed by atoms with van der Waals surface area (Å²) >= 11 is 0. The van der Waals surface area contributed by atoms with Crippen LogP contribution in [0, 0.1) is 0 Å². The molecule has 4 rings (SSSR count). The first-order chi connectivity index (χ1) is 12.6. The Morgan fingerprint density at radius 2 is 1.96 bits per heavy atom. The number of carbonyl (C=O) groups excluding carboxylic acids is 1. The lowest BCUT2D eigenvalue weighted by Gasteiger charge is -2.42. The molecule has 0 saturated carbocycles. The number of carbonyl (C=O) groups is 1. The standard InChI is InChI=1S/C20H24N4O2/c1-2-21-19-22-12-15(13-23-19)18(26)24-9-7-20(8-10-24)16-6-4-3-5-14(16)11-17(20)25/h3-6,12-13,17,25H,2,7-11H2,1H3,(H,21,22,23)/t17-/m0/s1. The summed E-state index contributed by atoms with van der Waals surface area (Å²) < 4.78 is 0. The summed E-state index contributed by atoms with van der Waals surface area (Å²) in [7, 11) is 0. The molecule has 6 nitrogen and oxygen atoms in total. The van der Waals surface area contributed by atoms with Crippen LogP contribution in [0.25, 0.3) is 0 Å². The van der Waals surface area contributed by atoms with Gasteiger partial charge >= 0.3 is 0 Å². The van der Waals surface area contributed by atoms with E-state index in [2.05, 4.69) is 27.4 Å². The zero-order chi connectivity index (χ0) is 18.1. The van der Waals surface area contributed by atoms with Crippen molar-refractivity contribution >= 4 is 11.9 Å². The number of anilines is 1. The highest BCUT2D eigenvalue weighted by Gasteiger charge is 2.48. The first-order valence-corrected chi connectivity index (χ1v) is 9.25. The van der Waals surface area contributed by atoms with Gasteiger partial charge in [0.2, 0.25) is 5.95 Å². The number of rotatable bonds is 3. The van der Waals surface area contributed by atoms with Gasteiger partial charge in [0.25, 0.3) is 5.91 Å². The van der Waals surface area contributed by atoms with E-state index in [0.717, 1.165) is 19.4 Å². The molecule has 1 spiro atoms. The Hall–Kier alpha value is -2.47. The molecule has 1 fully saturated rings. The van der Waals surface area contributed by atoms with Gasteiger partial charge in [0.05, 0.1) is 11.7 Å². The van der Waals surface area contributed by atoms with E-state index in [4.69, 9.17) is 0 Å². The van der Waals surface area contributed by atoms with Gasteiger partial charge in [0.15, 0.2) is 0 Å². The molecule has 2 N–H and O–H groups in total. The normalized spacial score (nSPS) is 20.8. The number of aliphatic hydroxyl groups is 1. The predicted molar refractivity (Wildman–Crippen MR) is 99.2 cm³/mol. The van der Waals surface area contributed by atoms with E-state index in [1.165, 1.54) is 11.1 Å². The molecule has 2 aromatic rings. The average molecular weight is 352 g/mol. The number of nitrogens with one attached hydrogen (secondary N) is 1. The summed E-state index contributed by atoms with van der Waals surface area (Å²) in [6.07, 6.45) is 5.08. The molecule has 6 heteroatoms. The maximum absolute atomic E-state index is 12.8. The molecular formula is C20H24N4O2. The van der Waals surface area contributed by atoms with Gasteiger partial charge in [0.1, 0.15) is 0 Å². The van der Waals surface area contributed by atoms with Crippen molar-refractivity contribution in [1.82, 2.24) is 14.9 Å². The number of nitrogens with zero attached hydrogens (tertiary/aromatic N) is 3. The summed E-state index contributed by atoms with van der Waals surface area (Å²) in [5, 5.41) is 13.7. The van der Waals surface area contributed by atoms with Crippen molar-refractivity contribution in [1.29, 1.82) is 0 Å². The first kappa shape index (κ1) is 17.0. The predicted octanol–water partition coefficient (Wildman–Crippen LogP) is 2.00. The van der Waals surface area contributed by atoms with Gasteiger partial charge in [-0.2, -0.15) is 0 Å². The molecule has 1 saturated heterocycles. The Bertz CT molecular complexity index is 798. The largest absolute Gasteiger partial charge is 0.392 e. The van der Waals surface area contributed by atoms with Crippen molar-refractivity contribution in [2.75, 3.05) is 25.0 Å². The molecule has 1 aromatic heterocycles. The van der Waals surface area contributed by atoms with Crippen LogP contribution in [-0.4, -0.2) is 51.6 Å². The fraction of sp³-hybridized carbons (Fsp3) is 0.450. The van der Waals surface area contributed by atoms with E-state index in [1.807, 2.05) is 24.0 Å². The first-order valence-electron chi connectivity index (χ1n) is 9.25. The maximum atomic E-state index is 12.8. The van der Waals surface area contributed by atoms with E-state index in [9.17, 15) is 9.90 Å². The van der Waals surface area contributed by atoms with Crippen LogP contribution >= 0.6 is 0 Å². The van der Waals surface area contributed by atoms with E-state index < -0.39 is 0 Å². The van der Waals surface area contributed by atoms with Crippen LogP contribution in [0.2, 0.25) is 0 Å². The molecule has 2 heterocycles. The van der Waals surface area contributed by atoms with Crippen LogP contribution in [0.3, 0.4) is 0 Å². The Labute approximate surface area is 153 Å². The van der Waals surface area contributed by atoms with Crippen LogP contribution in [0.1, 0.15) is 41.3 Å². The lowest BCUT2D eigenvalue weighted by molar-refractivity contribution is 0.0365. The van der Waals surface area contributed by atoms with Crippen LogP contribution in [0.4, 0.5) is 5.95 Å². The average Bonchev–Trinajstić information content (AvgIpc) is 2.94. The van der Waals surface area contributed by atoms with E-state index >= 15 is 0 Å². The lowest BCUT2D eigenvalue weighted by atomic mass is 9.72. The van der Waals surface area contributed by atoms with Gasteiger partial charge in [-0.1, -0.05) is 24.3 Å². The van der Waals surface area contributed by atoms with E-state index in [1.54, 1.807) is 12.4 Å². The number of aliphatic hydroxyl groups excluding tert-OH is 1. The van der Waals surface area contributed by atoms with Crippen molar-refractivity contribution in [2.24, 2.45) is 0 Å². The molecule has 26 heavy (non-hydrogen) atoms. The number of benzene rings is 1. The maximum Gasteiger partial charge on any atom is 0.256 e. The molecule has 1 aromatic carbocycles. The second-order valence-corrected chi connectivity index (χ2v) is 7.15. The van der Waals surface area contributed by atoms with E-state index in [0.29, 0.717) is 31.0 Å². The van der Waals surface area contributed by atoms with Crippen molar-refractivity contribution < 1.29 is 9.90 Å². The Morgan fingerprint density at radius 3 is 2.65 bits per heavy atom. The van der Waals surface area contributed by atoms with Crippen LogP contribution in [0.5, 0.6) is 0 Å². The van der Waals surface area contributed by atoms with Crippen molar-refractivity contribution in [3.05, 3.63) is 53.3 Å². The van der Waals surface area contributed by atoms with Crippen LogP contribution in [-0.2, 0) is 11.8 Å². The fourth-order valence-electron chi connectivity index (χ4n) is 4.35. The quantitative estimate of drug-likeness (QED) is 0.883. The monoisotopic (exact) mass is 352 g/mol. The van der Waals surface area contributed by atoms with Crippen LogP contribution in [0.15, 0.2) is 36.7 Å². The molecule has 1 aliphatic carbocycles. The van der Waals surface area contributed by atoms with Crippen molar-refractivity contribution in [3.8, 4) is 0 Å². The summed E-state index contributed by atoms with van der Waals surface area (Å²) in [6.45, 7) is 3.99.